The summed E-state index contributed by atoms with van der Waals surface area (Å²) in [5, 5.41) is 10.3. The molecule has 1 fully saturated rings. The second kappa shape index (κ2) is 9.40. The second-order valence-corrected chi connectivity index (χ2v) is 9.44. The molecule has 1 atom stereocenters. The van der Waals surface area contributed by atoms with Crippen LogP contribution in [0.5, 0.6) is 5.88 Å². The minimum absolute atomic E-state index is 0.472. The van der Waals surface area contributed by atoms with Crippen molar-refractivity contribution in [3.8, 4) is 34.5 Å². The van der Waals surface area contributed by atoms with Crippen LogP contribution in [0.4, 0.5) is 0 Å². The second-order valence-electron chi connectivity index (χ2n) is 9.44. The van der Waals surface area contributed by atoms with Gasteiger partial charge in [0.2, 0.25) is 5.88 Å². The molecule has 0 unspecified atom stereocenters. The number of fused-ring (bicyclic) bond motifs is 2. The summed E-state index contributed by atoms with van der Waals surface area (Å²) in [5.41, 5.74) is 6.00. The molecule has 0 aliphatic carbocycles. The van der Waals surface area contributed by atoms with Crippen molar-refractivity contribution < 1.29 is 4.74 Å². The SMILES string of the molecule is CN1CCC[C@@H](COc2nc(-c3ccc(C#N)cc3)c(-c3ccc4ncccc4c3)n3cncc23)C1. The van der Waals surface area contributed by atoms with E-state index in [0.29, 0.717) is 24.0 Å². The third-order valence-corrected chi connectivity index (χ3v) is 6.88. The van der Waals surface area contributed by atoms with E-state index in [1.54, 1.807) is 6.20 Å². The van der Waals surface area contributed by atoms with Crippen LogP contribution in [0.15, 0.2) is 73.3 Å². The summed E-state index contributed by atoms with van der Waals surface area (Å²) in [6.45, 7) is 2.79. The Kier molecular flexibility index (Phi) is 5.80. The van der Waals surface area contributed by atoms with E-state index >= 15 is 0 Å². The van der Waals surface area contributed by atoms with Gasteiger partial charge in [-0.3, -0.25) is 9.38 Å². The standard InChI is InChI=1S/C29H26N6O/c1-34-13-3-4-21(17-34)18-36-29-26-16-31-19-35(26)28(24-10-11-25-23(14-24)5-2-12-32-25)27(33-29)22-8-6-20(15-30)7-9-22/h2,5-12,14,16,19,21H,3-4,13,17-18H2,1H3/t21-/m1/s1. The zero-order valence-corrected chi connectivity index (χ0v) is 20.1. The van der Waals surface area contributed by atoms with Gasteiger partial charge in [0.05, 0.1) is 47.7 Å². The van der Waals surface area contributed by atoms with Crippen molar-refractivity contribution in [1.82, 2.24) is 24.3 Å². The fourth-order valence-corrected chi connectivity index (χ4v) is 5.07. The summed E-state index contributed by atoms with van der Waals surface area (Å²) in [6.07, 6.45) is 7.77. The lowest BCUT2D eigenvalue weighted by Gasteiger charge is -2.29. The third-order valence-electron chi connectivity index (χ3n) is 6.88. The third kappa shape index (κ3) is 4.16. The maximum Gasteiger partial charge on any atom is 0.240 e. The zero-order valence-electron chi connectivity index (χ0n) is 20.1. The Morgan fingerprint density at radius 3 is 2.81 bits per heavy atom. The summed E-state index contributed by atoms with van der Waals surface area (Å²) in [5.74, 6) is 1.05. The maximum absolute atomic E-state index is 9.29. The Balaban J connectivity index is 1.49. The van der Waals surface area contributed by atoms with E-state index in [1.165, 1.54) is 6.42 Å². The van der Waals surface area contributed by atoms with Gasteiger partial charge in [-0.25, -0.2) is 9.97 Å². The van der Waals surface area contributed by atoms with E-state index in [0.717, 1.165) is 58.4 Å². The number of imidazole rings is 1. The highest BCUT2D eigenvalue weighted by Gasteiger charge is 2.22. The molecule has 1 aliphatic rings. The van der Waals surface area contributed by atoms with Gasteiger partial charge in [-0.15, -0.1) is 0 Å². The van der Waals surface area contributed by atoms with Crippen LogP contribution in [0, 0.1) is 17.2 Å². The molecule has 0 saturated carbocycles. The van der Waals surface area contributed by atoms with Crippen molar-refractivity contribution in [1.29, 1.82) is 5.26 Å². The van der Waals surface area contributed by atoms with Gasteiger partial charge in [0.15, 0.2) is 0 Å². The van der Waals surface area contributed by atoms with Gasteiger partial charge in [0.25, 0.3) is 0 Å². The Bertz CT molecular complexity index is 1580. The molecule has 0 radical (unpaired) electrons. The van der Waals surface area contributed by atoms with Crippen LogP contribution >= 0.6 is 0 Å². The Hall–Kier alpha value is -4.28. The minimum atomic E-state index is 0.472. The van der Waals surface area contributed by atoms with Crippen molar-refractivity contribution >= 4 is 16.4 Å². The molecule has 36 heavy (non-hydrogen) atoms. The maximum atomic E-state index is 9.29. The number of nitrogens with zero attached hydrogens (tertiary/aromatic N) is 6. The molecule has 7 heteroatoms. The van der Waals surface area contributed by atoms with Crippen molar-refractivity contribution in [3.05, 3.63) is 78.9 Å². The molecule has 0 N–H and O–H groups in total. The molecule has 1 saturated heterocycles. The van der Waals surface area contributed by atoms with Crippen molar-refractivity contribution in [2.75, 3.05) is 26.7 Å². The first kappa shape index (κ1) is 22.2. The molecule has 3 aromatic heterocycles. The molecular formula is C29H26N6O. The first-order valence-electron chi connectivity index (χ1n) is 12.2. The molecule has 0 amide bonds. The van der Waals surface area contributed by atoms with Crippen molar-refractivity contribution in [3.63, 3.8) is 0 Å². The Morgan fingerprint density at radius 2 is 1.97 bits per heavy atom. The summed E-state index contributed by atoms with van der Waals surface area (Å²) in [4.78, 5) is 16.3. The fourth-order valence-electron chi connectivity index (χ4n) is 5.07. The van der Waals surface area contributed by atoms with Crippen LogP contribution in [0.1, 0.15) is 18.4 Å². The quantitative estimate of drug-likeness (QED) is 0.348. The first-order chi connectivity index (χ1) is 17.7. The van der Waals surface area contributed by atoms with E-state index in [-0.39, 0.29) is 0 Å². The number of benzene rings is 2. The molecule has 0 bridgehead atoms. The van der Waals surface area contributed by atoms with Gasteiger partial charge >= 0.3 is 0 Å². The lowest BCUT2D eigenvalue weighted by atomic mass is 9.99. The summed E-state index contributed by atoms with van der Waals surface area (Å²) in [7, 11) is 2.16. The van der Waals surface area contributed by atoms with E-state index in [9.17, 15) is 5.26 Å². The fraction of sp³-hybridized carbons (Fsp3) is 0.241. The van der Waals surface area contributed by atoms with E-state index in [4.69, 9.17) is 9.72 Å². The van der Waals surface area contributed by atoms with Crippen LogP contribution in [-0.4, -0.2) is 51.0 Å². The lowest BCUT2D eigenvalue weighted by molar-refractivity contribution is 0.148. The summed E-state index contributed by atoms with van der Waals surface area (Å²) in [6, 6.07) is 19.9. The van der Waals surface area contributed by atoms with Crippen molar-refractivity contribution in [2.45, 2.75) is 12.8 Å². The number of hydrogen-bond donors (Lipinski definition) is 0. The molecule has 2 aromatic carbocycles. The molecule has 178 valence electrons. The number of rotatable bonds is 5. The molecule has 6 rings (SSSR count). The van der Waals surface area contributed by atoms with Crippen LogP contribution in [-0.2, 0) is 0 Å². The largest absolute Gasteiger partial charge is 0.476 e. The highest BCUT2D eigenvalue weighted by atomic mass is 16.5. The molecular weight excluding hydrogens is 448 g/mol. The van der Waals surface area contributed by atoms with Crippen LogP contribution in [0.2, 0.25) is 0 Å². The number of likely N-dealkylation sites (tertiary alicyclic amines) is 1. The number of ether oxygens (including phenoxy) is 1. The predicted octanol–water partition coefficient (Wildman–Crippen LogP) is 5.20. The Labute approximate surface area is 209 Å². The molecule has 1 aliphatic heterocycles. The molecule has 5 aromatic rings. The molecule has 7 nitrogen and oxygen atoms in total. The number of pyridine rings is 1. The Morgan fingerprint density at radius 1 is 1.11 bits per heavy atom. The van der Waals surface area contributed by atoms with Gasteiger partial charge < -0.3 is 9.64 Å². The predicted molar refractivity (Wildman–Crippen MR) is 140 cm³/mol. The number of nitriles is 1. The van der Waals surface area contributed by atoms with E-state index < -0.39 is 0 Å². The van der Waals surface area contributed by atoms with E-state index in [1.807, 2.05) is 48.9 Å². The topological polar surface area (TPSA) is 79.3 Å². The lowest BCUT2D eigenvalue weighted by Crippen LogP contribution is -2.34. The first-order valence-corrected chi connectivity index (χ1v) is 12.2. The average molecular weight is 475 g/mol. The van der Waals surface area contributed by atoms with Crippen LogP contribution in [0.25, 0.3) is 38.9 Å². The number of piperidine rings is 1. The minimum Gasteiger partial charge on any atom is -0.476 e. The van der Waals surface area contributed by atoms with Gasteiger partial charge in [-0.05, 0) is 56.8 Å². The molecule has 4 heterocycles. The van der Waals surface area contributed by atoms with E-state index in [2.05, 4.69) is 50.6 Å². The number of aromatic nitrogens is 4. The highest BCUT2D eigenvalue weighted by molar-refractivity contribution is 5.88. The van der Waals surface area contributed by atoms with Gasteiger partial charge in [-0.1, -0.05) is 24.3 Å². The smallest absolute Gasteiger partial charge is 0.240 e. The zero-order chi connectivity index (χ0) is 24.5. The average Bonchev–Trinajstić information content (AvgIpc) is 3.41. The van der Waals surface area contributed by atoms with Gasteiger partial charge in [-0.2, -0.15) is 5.26 Å². The monoisotopic (exact) mass is 474 g/mol. The van der Waals surface area contributed by atoms with Gasteiger partial charge in [0.1, 0.15) is 5.52 Å². The normalized spacial score (nSPS) is 16.3. The van der Waals surface area contributed by atoms with Crippen molar-refractivity contribution in [2.24, 2.45) is 5.92 Å². The van der Waals surface area contributed by atoms with Crippen LogP contribution < -0.4 is 4.74 Å². The molecule has 0 spiro atoms. The summed E-state index contributed by atoms with van der Waals surface area (Å²) >= 11 is 0. The highest BCUT2D eigenvalue weighted by Crippen LogP contribution is 2.36. The summed E-state index contributed by atoms with van der Waals surface area (Å²) < 4.78 is 8.43. The number of hydrogen-bond acceptors (Lipinski definition) is 6. The van der Waals surface area contributed by atoms with Crippen LogP contribution in [0.3, 0.4) is 0 Å². The van der Waals surface area contributed by atoms with Gasteiger partial charge in [0, 0.05) is 35.2 Å².